The monoisotopic (exact) mass is 340 g/mol. The van der Waals surface area contributed by atoms with Gasteiger partial charge in [-0.2, -0.15) is 0 Å². The minimum atomic E-state index is -1.40. The van der Waals surface area contributed by atoms with Gasteiger partial charge in [-0.25, -0.2) is 0 Å². The van der Waals surface area contributed by atoms with Gasteiger partial charge in [0.05, 0.1) is 0 Å². The number of rotatable bonds is 4. The second-order valence-electron chi connectivity index (χ2n) is 6.42. The van der Waals surface area contributed by atoms with Crippen LogP contribution >= 0.6 is 12.4 Å². The van der Waals surface area contributed by atoms with E-state index in [1.165, 1.54) is 25.7 Å². The summed E-state index contributed by atoms with van der Waals surface area (Å²) in [5, 5.41) is 0. The molecule has 0 unspecified atom stereocenters. The van der Waals surface area contributed by atoms with Gasteiger partial charge in [-0.05, 0) is 0 Å². The molecule has 0 heterocycles. The molecule has 2 heteroatoms. The maximum Gasteiger partial charge on any atom is -0.147 e. The molecule has 0 radical (unpaired) electrons. The fourth-order valence-electron chi connectivity index (χ4n) is 3.57. The summed E-state index contributed by atoms with van der Waals surface area (Å²) >= 11 is -1.40. The van der Waals surface area contributed by atoms with Gasteiger partial charge in [0.25, 0.3) is 0 Å². The minimum absolute atomic E-state index is 0. The van der Waals surface area contributed by atoms with Crippen molar-refractivity contribution in [2.24, 2.45) is 0 Å². The molecule has 0 spiro atoms. The summed E-state index contributed by atoms with van der Waals surface area (Å²) in [5.41, 5.74) is 6.46. The van der Waals surface area contributed by atoms with E-state index in [-0.39, 0.29) is 12.4 Å². The van der Waals surface area contributed by atoms with Gasteiger partial charge < -0.3 is 0 Å². The third kappa shape index (κ3) is 3.98. The molecule has 0 saturated carbocycles. The van der Waals surface area contributed by atoms with Gasteiger partial charge in [0.2, 0.25) is 0 Å². The van der Waals surface area contributed by atoms with Crippen molar-refractivity contribution in [3.05, 3.63) is 42.2 Å². The molecule has 0 amide bonds. The van der Waals surface area contributed by atoms with E-state index in [2.05, 4.69) is 53.7 Å². The predicted molar refractivity (Wildman–Crippen MR) is 95.0 cm³/mol. The van der Waals surface area contributed by atoms with Crippen LogP contribution in [0.2, 0.25) is 0 Å². The molecule has 21 heavy (non-hydrogen) atoms. The summed E-state index contributed by atoms with van der Waals surface area (Å²) in [4.78, 5) is 0. The predicted octanol–water partition coefficient (Wildman–Crippen LogP) is 6.27. The zero-order chi connectivity index (χ0) is 14.9. The fraction of sp³-hybridized carbons (Fsp3) is 0.526. The smallest absolute Gasteiger partial charge is 0.147 e. The Labute approximate surface area is 142 Å². The van der Waals surface area contributed by atoms with Crippen molar-refractivity contribution in [2.45, 2.75) is 67.2 Å². The van der Waals surface area contributed by atoms with Crippen molar-refractivity contribution in [3.8, 4) is 0 Å². The van der Waals surface area contributed by atoms with Crippen LogP contribution in [-0.4, -0.2) is 3.81 Å². The standard InChI is InChI=1S/2C8H11.C3H6.ClH.Ti/c2*1-3-8-5-4-7(2)6-8;1-3-2;;/h2*6H,3-4H2,1-2H3;1-2H3;1H;. The number of allylic oxidation sites excluding steroid dienone is 8. The van der Waals surface area contributed by atoms with Crippen LogP contribution in [0, 0.1) is 0 Å². The van der Waals surface area contributed by atoms with Crippen LogP contribution in [0.25, 0.3) is 0 Å². The molecule has 2 aliphatic rings. The Morgan fingerprint density at radius 1 is 0.905 bits per heavy atom. The van der Waals surface area contributed by atoms with E-state index in [0.717, 1.165) is 0 Å². The van der Waals surface area contributed by atoms with Gasteiger partial charge in [-0.1, -0.05) is 0 Å². The zero-order valence-electron chi connectivity index (χ0n) is 14.4. The number of hydrogen-bond acceptors (Lipinski definition) is 0. The van der Waals surface area contributed by atoms with Crippen molar-refractivity contribution >= 4 is 16.2 Å². The van der Waals surface area contributed by atoms with Crippen LogP contribution in [0.15, 0.2) is 42.2 Å². The first-order valence-electron chi connectivity index (χ1n) is 7.94. The Kier molecular flexibility index (Phi) is 7.11. The Balaban J connectivity index is 0.00000220. The van der Waals surface area contributed by atoms with E-state index in [4.69, 9.17) is 0 Å². The quantitative estimate of drug-likeness (QED) is 0.529. The molecule has 0 fully saturated rings. The van der Waals surface area contributed by atoms with Gasteiger partial charge in [-0.15, -0.1) is 12.4 Å². The second-order valence-corrected chi connectivity index (χ2v) is 11.0. The average molecular weight is 341 g/mol. The van der Waals surface area contributed by atoms with Gasteiger partial charge in [-0.3, -0.25) is 0 Å². The average Bonchev–Trinajstić information content (AvgIpc) is 2.92. The number of hydrogen-bond donors (Lipinski definition) is 0. The Hall–Kier alpha value is -0.166. The Morgan fingerprint density at radius 2 is 1.29 bits per heavy atom. The second kappa shape index (κ2) is 7.90. The Morgan fingerprint density at radius 3 is 1.57 bits per heavy atom. The van der Waals surface area contributed by atoms with Crippen LogP contribution in [0.1, 0.15) is 67.2 Å². The molecule has 0 saturated heterocycles. The topological polar surface area (TPSA) is 0 Å². The molecule has 0 aromatic carbocycles. The molecule has 0 aromatic heterocycles. The number of halogens is 1. The van der Waals surface area contributed by atoms with Gasteiger partial charge in [0, 0.05) is 0 Å². The molecule has 2 rings (SSSR count). The van der Waals surface area contributed by atoms with Crippen LogP contribution < -0.4 is 0 Å². The van der Waals surface area contributed by atoms with E-state index >= 15 is 0 Å². The molecule has 0 aromatic rings. The third-order valence-electron chi connectivity index (χ3n) is 4.39. The molecule has 116 valence electrons. The third-order valence-corrected chi connectivity index (χ3v) is 9.39. The van der Waals surface area contributed by atoms with Crippen molar-refractivity contribution in [1.29, 1.82) is 0 Å². The summed E-state index contributed by atoms with van der Waals surface area (Å²) in [6, 6.07) is 0. The molecular formula is C19H29ClTi. The van der Waals surface area contributed by atoms with Gasteiger partial charge >= 0.3 is 131 Å². The first-order chi connectivity index (χ1) is 9.47. The van der Waals surface area contributed by atoms with Crippen LogP contribution in [0.5, 0.6) is 0 Å². The zero-order valence-corrected chi connectivity index (χ0v) is 16.8. The van der Waals surface area contributed by atoms with E-state index in [1.807, 2.05) is 7.76 Å². The van der Waals surface area contributed by atoms with Crippen LogP contribution in [-0.2, 0) is 17.4 Å². The van der Waals surface area contributed by atoms with Crippen molar-refractivity contribution in [1.82, 2.24) is 0 Å². The summed E-state index contributed by atoms with van der Waals surface area (Å²) in [7, 11) is 0. The molecule has 0 atom stereocenters. The van der Waals surface area contributed by atoms with E-state index in [9.17, 15) is 0 Å². The van der Waals surface area contributed by atoms with Crippen molar-refractivity contribution in [2.75, 3.05) is 0 Å². The SMILES string of the molecule is CCC1=[C]([Ti]([C]2=C(CC)C=C(C)C2)=[C](C)C)CC(C)=C1.Cl. The first-order valence-corrected chi connectivity index (χ1v) is 10.3. The van der Waals surface area contributed by atoms with E-state index < -0.39 is 17.4 Å². The summed E-state index contributed by atoms with van der Waals surface area (Å²) in [6.45, 7) is 14.0. The van der Waals surface area contributed by atoms with Crippen molar-refractivity contribution in [3.63, 3.8) is 0 Å². The maximum atomic E-state index is 2.46. The molecule has 0 N–H and O–H groups in total. The molecule has 0 nitrogen and oxygen atoms in total. The summed E-state index contributed by atoms with van der Waals surface area (Å²) in [6.07, 6.45) is 9.85. The fourth-order valence-corrected chi connectivity index (χ4v) is 9.23. The summed E-state index contributed by atoms with van der Waals surface area (Å²) < 4.78 is 5.40. The molecular weight excluding hydrogens is 312 g/mol. The van der Waals surface area contributed by atoms with Crippen LogP contribution in [0.3, 0.4) is 0 Å². The van der Waals surface area contributed by atoms with E-state index in [0.29, 0.717) is 0 Å². The van der Waals surface area contributed by atoms with Gasteiger partial charge in [0.1, 0.15) is 0 Å². The molecule has 0 aliphatic heterocycles. The normalized spacial score (nSPS) is 17.8. The molecule has 0 bridgehead atoms. The minimum Gasteiger partial charge on any atom is -0.147 e. The Bertz CT molecular complexity index is 533. The summed E-state index contributed by atoms with van der Waals surface area (Å²) in [5.74, 6) is 0. The van der Waals surface area contributed by atoms with E-state index in [1.54, 1.807) is 26.1 Å². The molecule has 2 aliphatic carbocycles. The largest absolute Gasteiger partial charge is 0.147 e. The maximum absolute atomic E-state index is 2.46. The van der Waals surface area contributed by atoms with Crippen molar-refractivity contribution < 1.29 is 17.4 Å². The van der Waals surface area contributed by atoms with Crippen LogP contribution in [0.4, 0.5) is 0 Å². The van der Waals surface area contributed by atoms with Gasteiger partial charge in [0.15, 0.2) is 0 Å². The first kappa shape index (κ1) is 18.9.